The van der Waals surface area contributed by atoms with E-state index in [-0.39, 0.29) is 5.91 Å². The molecule has 2 aromatic rings. The van der Waals surface area contributed by atoms with Gasteiger partial charge >= 0.3 is 0 Å². The number of amides is 1. The summed E-state index contributed by atoms with van der Waals surface area (Å²) < 4.78 is 5.38. The molecule has 0 aromatic heterocycles. The Morgan fingerprint density at radius 1 is 0.957 bits per heavy atom. The van der Waals surface area contributed by atoms with Gasteiger partial charge in [0.2, 0.25) is 5.91 Å². The fourth-order valence-electron chi connectivity index (χ4n) is 3.19. The third-order valence-corrected chi connectivity index (χ3v) is 4.60. The smallest absolute Gasteiger partial charge is 0.236 e. The minimum Gasteiger partial charge on any atom is -0.378 e. The van der Waals surface area contributed by atoms with Crippen molar-refractivity contribution in [1.82, 2.24) is 0 Å². The fourth-order valence-corrected chi connectivity index (χ4v) is 3.35. The predicted octanol–water partition coefficient (Wildman–Crippen LogP) is 3.40. The van der Waals surface area contributed by atoms with Gasteiger partial charge in [0.15, 0.2) is 0 Å². The highest BCUT2D eigenvalue weighted by Crippen LogP contribution is 2.37. The first-order chi connectivity index (χ1) is 11.2. The van der Waals surface area contributed by atoms with Gasteiger partial charge in [0.1, 0.15) is 0 Å². The van der Waals surface area contributed by atoms with E-state index in [1.807, 2.05) is 30.3 Å². The molecule has 2 aliphatic rings. The molecule has 5 heteroatoms. The molecule has 0 N–H and O–H groups in total. The Bertz CT molecular complexity index is 739. The molecule has 0 spiro atoms. The Kier molecular flexibility index (Phi) is 3.71. The van der Waals surface area contributed by atoms with E-state index in [9.17, 15) is 4.79 Å². The van der Waals surface area contributed by atoms with Crippen LogP contribution in [0.2, 0.25) is 5.02 Å². The molecule has 4 rings (SSSR count). The van der Waals surface area contributed by atoms with Crippen molar-refractivity contribution in [3.05, 3.63) is 53.1 Å². The lowest BCUT2D eigenvalue weighted by Gasteiger charge is -2.29. The summed E-state index contributed by atoms with van der Waals surface area (Å²) in [5.74, 6) is 0.0846. The Balaban J connectivity index is 1.63. The molecule has 2 aromatic carbocycles. The summed E-state index contributed by atoms with van der Waals surface area (Å²) in [7, 11) is 0. The van der Waals surface area contributed by atoms with Crippen LogP contribution in [0, 0.1) is 0 Å². The molecular formula is C18H17ClN2O2. The molecule has 2 aliphatic heterocycles. The number of hydrogen-bond donors (Lipinski definition) is 0. The zero-order valence-corrected chi connectivity index (χ0v) is 13.4. The monoisotopic (exact) mass is 328 g/mol. The van der Waals surface area contributed by atoms with Crippen molar-refractivity contribution >= 4 is 34.6 Å². The van der Waals surface area contributed by atoms with E-state index in [0.717, 1.165) is 48.9 Å². The van der Waals surface area contributed by atoms with Crippen LogP contribution in [-0.2, 0) is 16.0 Å². The maximum atomic E-state index is 12.4. The Labute approximate surface area is 140 Å². The van der Waals surface area contributed by atoms with Crippen LogP contribution < -0.4 is 9.80 Å². The SMILES string of the molecule is O=C1Cc2ccc(Cl)cc2N1c1ccc(N2CCOCC2)cc1. The molecule has 1 saturated heterocycles. The predicted molar refractivity (Wildman–Crippen MR) is 91.8 cm³/mol. The van der Waals surface area contributed by atoms with Crippen molar-refractivity contribution in [3.8, 4) is 0 Å². The molecule has 0 aliphatic carbocycles. The third kappa shape index (κ3) is 2.69. The number of ether oxygens (including phenoxy) is 1. The number of carbonyl (C=O) groups is 1. The van der Waals surface area contributed by atoms with Crippen molar-refractivity contribution in [1.29, 1.82) is 0 Å². The first-order valence-electron chi connectivity index (χ1n) is 7.76. The number of hydrogen-bond acceptors (Lipinski definition) is 3. The highest BCUT2D eigenvalue weighted by Gasteiger charge is 2.28. The number of anilines is 3. The summed E-state index contributed by atoms with van der Waals surface area (Å²) in [6.07, 6.45) is 0.428. The standard InChI is InChI=1S/C18H17ClN2O2/c19-14-2-1-13-11-18(22)21(17(13)12-14)16-5-3-15(4-6-16)20-7-9-23-10-8-20/h1-6,12H,7-11H2. The molecule has 23 heavy (non-hydrogen) atoms. The van der Waals surface area contributed by atoms with Crippen LogP contribution in [0.1, 0.15) is 5.56 Å². The molecule has 1 amide bonds. The summed E-state index contributed by atoms with van der Waals surface area (Å²) in [6.45, 7) is 3.33. The number of morpholine rings is 1. The van der Waals surface area contributed by atoms with Gasteiger partial charge in [0.25, 0.3) is 0 Å². The van der Waals surface area contributed by atoms with Crippen molar-refractivity contribution in [2.45, 2.75) is 6.42 Å². The number of fused-ring (bicyclic) bond motifs is 1. The summed E-state index contributed by atoms with van der Waals surface area (Å²) >= 11 is 6.09. The van der Waals surface area contributed by atoms with E-state index in [2.05, 4.69) is 17.0 Å². The van der Waals surface area contributed by atoms with E-state index in [1.165, 1.54) is 0 Å². The number of halogens is 1. The van der Waals surface area contributed by atoms with Crippen molar-refractivity contribution in [3.63, 3.8) is 0 Å². The highest BCUT2D eigenvalue weighted by molar-refractivity contribution is 6.31. The molecule has 118 valence electrons. The second kappa shape index (κ2) is 5.87. The number of nitrogens with zero attached hydrogens (tertiary/aromatic N) is 2. The van der Waals surface area contributed by atoms with Crippen LogP contribution in [0.5, 0.6) is 0 Å². The van der Waals surface area contributed by atoms with Gasteiger partial charge < -0.3 is 9.64 Å². The van der Waals surface area contributed by atoms with E-state index in [0.29, 0.717) is 11.4 Å². The van der Waals surface area contributed by atoms with Crippen LogP contribution in [-0.4, -0.2) is 32.2 Å². The average molecular weight is 329 g/mol. The van der Waals surface area contributed by atoms with E-state index in [1.54, 1.807) is 4.90 Å². The van der Waals surface area contributed by atoms with Crippen molar-refractivity contribution < 1.29 is 9.53 Å². The quantitative estimate of drug-likeness (QED) is 0.847. The van der Waals surface area contributed by atoms with Gasteiger partial charge in [0, 0.05) is 29.5 Å². The second-order valence-electron chi connectivity index (χ2n) is 5.79. The number of rotatable bonds is 2. The van der Waals surface area contributed by atoms with Gasteiger partial charge in [-0.3, -0.25) is 9.69 Å². The molecule has 0 unspecified atom stereocenters. The van der Waals surface area contributed by atoms with Crippen LogP contribution in [0.25, 0.3) is 0 Å². The van der Waals surface area contributed by atoms with Gasteiger partial charge in [-0.15, -0.1) is 0 Å². The van der Waals surface area contributed by atoms with E-state index in [4.69, 9.17) is 16.3 Å². The Morgan fingerprint density at radius 3 is 2.39 bits per heavy atom. The maximum Gasteiger partial charge on any atom is 0.236 e. The molecular weight excluding hydrogens is 312 g/mol. The minimum atomic E-state index is 0.0846. The maximum absolute atomic E-state index is 12.4. The minimum absolute atomic E-state index is 0.0846. The Hall–Kier alpha value is -2.04. The molecule has 4 nitrogen and oxygen atoms in total. The molecule has 2 heterocycles. The topological polar surface area (TPSA) is 32.8 Å². The first-order valence-corrected chi connectivity index (χ1v) is 8.14. The molecule has 0 atom stereocenters. The fraction of sp³-hybridized carbons (Fsp3) is 0.278. The normalized spacial score (nSPS) is 17.5. The number of carbonyl (C=O) groups excluding carboxylic acids is 1. The molecule has 0 bridgehead atoms. The summed E-state index contributed by atoms with van der Waals surface area (Å²) in [4.78, 5) is 16.4. The molecule has 0 radical (unpaired) electrons. The lowest BCUT2D eigenvalue weighted by Crippen LogP contribution is -2.36. The van der Waals surface area contributed by atoms with Gasteiger partial charge in [-0.2, -0.15) is 0 Å². The van der Waals surface area contributed by atoms with Gasteiger partial charge in [0.05, 0.1) is 25.3 Å². The van der Waals surface area contributed by atoms with Crippen molar-refractivity contribution in [2.75, 3.05) is 36.1 Å². The van der Waals surface area contributed by atoms with Gasteiger partial charge in [-0.1, -0.05) is 17.7 Å². The van der Waals surface area contributed by atoms with E-state index >= 15 is 0 Å². The lowest BCUT2D eigenvalue weighted by molar-refractivity contribution is -0.116. The summed E-state index contributed by atoms with van der Waals surface area (Å²) in [5.41, 5.74) is 3.96. The molecule has 1 fully saturated rings. The lowest BCUT2D eigenvalue weighted by atomic mass is 10.1. The highest BCUT2D eigenvalue weighted by atomic mass is 35.5. The van der Waals surface area contributed by atoms with Crippen LogP contribution >= 0.6 is 11.6 Å². The van der Waals surface area contributed by atoms with Crippen LogP contribution in [0.15, 0.2) is 42.5 Å². The largest absolute Gasteiger partial charge is 0.378 e. The third-order valence-electron chi connectivity index (χ3n) is 4.36. The zero-order chi connectivity index (χ0) is 15.8. The average Bonchev–Trinajstić information content (AvgIpc) is 2.91. The number of benzene rings is 2. The summed E-state index contributed by atoms with van der Waals surface area (Å²) in [5, 5.41) is 0.647. The first kappa shape index (κ1) is 14.5. The Morgan fingerprint density at radius 2 is 1.65 bits per heavy atom. The van der Waals surface area contributed by atoms with Gasteiger partial charge in [-0.05, 0) is 42.0 Å². The van der Waals surface area contributed by atoms with E-state index < -0.39 is 0 Å². The van der Waals surface area contributed by atoms with Crippen molar-refractivity contribution in [2.24, 2.45) is 0 Å². The zero-order valence-electron chi connectivity index (χ0n) is 12.7. The van der Waals surface area contributed by atoms with Crippen LogP contribution in [0.4, 0.5) is 17.1 Å². The van der Waals surface area contributed by atoms with Crippen LogP contribution in [0.3, 0.4) is 0 Å². The second-order valence-corrected chi connectivity index (χ2v) is 6.23. The van der Waals surface area contributed by atoms with Gasteiger partial charge in [-0.25, -0.2) is 0 Å². The molecule has 0 saturated carbocycles. The summed E-state index contributed by atoms with van der Waals surface area (Å²) in [6, 6.07) is 13.7.